The first-order valence-corrected chi connectivity index (χ1v) is 12.3. The van der Waals surface area contributed by atoms with Crippen molar-refractivity contribution in [3.63, 3.8) is 0 Å². The topological polar surface area (TPSA) is 170 Å². The molecule has 13 nitrogen and oxygen atoms in total. The van der Waals surface area contributed by atoms with E-state index in [4.69, 9.17) is 14.6 Å². The van der Waals surface area contributed by atoms with Crippen LogP contribution in [0, 0.1) is 0 Å². The standard InChI is InChI=1S/C20H29Br2N5O8/c1-2-14(28)23-5-3-8-26-18(30)16(21)17(22)19(31)27(26)9-4-15(29)24-6-10-34-12-13-35-11-7-25-20(32)33/h2,25H,1,3-13H2,(H,23,28)(H,24,29)(H,32,33). The second-order valence-corrected chi connectivity index (χ2v) is 8.48. The van der Waals surface area contributed by atoms with Crippen molar-refractivity contribution in [1.29, 1.82) is 0 Å². The Hall–Kier alpha value is -2.49. The van der Waals surface area contributed by atoms with Gasteiger partial charge in [-0.15, -0.1) is 0 Å². The van der Waals surface area contributed by atoms with Gasteiger partial charge in [-0.2, -0.15) is 0 Å². The number of carbonyl (C=O) groups is 3. The summed E-state index contributed by atoms with van der Waals surface area (Å²) in [5, 5.41) is 15.8. The molecular weight excluding hydrogens is 598 g/mol. The predicted molar refractivity (Wildman–Crippen MR) is 133 cm³/mol. The zero-order valence-corrected chi connectivity index (χ0v) is 22.2. The molecule has 0 fully saturated rings. The summed E-state index contributed by atoms with van der Waals surface area (Å²) in [6.45, 7) is 5.24. The van der Waals surface area contributed by atoms with Crippen molar-refractivity contribution >= 4 is 49.8 Å². The molecule has 0 aliphatic rings. The molecule has 0 atom stereocenters. The van der Waals surface area contributed by atoms with Crippen molar-refractivity contribution in [1.82, 2.24) is 25.3 Å². The van der Waals surface area contributed by atoms with Crippen LogP contribution in [0.15, 0.2) is 31.2 Å². The number of nitrogens with one attached hydrogen (secondary N) is 3. The quantitative estimate of drug-likeness (QED) is 0.139. The molecule has 0 bridgehead atoms. The SMILES string of the molecule is C=CC(=O)NCCCn1c(=O)c(Br)c(Br)c(=O)n1CCC(=O)NCCOCCOCCNC(=O)O. The molecule has 0 saturated heterocycles. The molecule has 1 heterocycles. The van der Waals surface area contributed by atoms with E-state index in [1.54, 1.807) is 0 Å². The molecule has 0 aromatic carbocycles. The first-order chi connectivity index (χ1) is 16.7. The van der Waals surface area contributed by atoms with E-state index in [0.29, 0.717) is 6.42 Å². The third-order valence-electron chi connectivity index (χ3n) is 4.37. The Balaban J connectivity index is 2.47. The minimum Gasteiger partial charge on any atom is -0.465 e. The molecule has 0 spiro atoms. The van der Waals surface area contributed by atoms with Gasteiger partial charge < -0.3 is 30.5 Å². The molecule has 1 aromatic heterocycles. The monoisotopic (exact) mass is 625 g/mol. The van der Waals surface area contributed by atoms with Crippen molar-refractivity contribution in [3.8, 4) is 0 Å². The Morgan fingerprint density at radius 3 is 1.94 bits per heavy atom. The van der Waals surface area contributed by atoms with Gasteiger partial charge in [0.05, 0.1) is 33.0 Å². The van der Waals surface area contributed by atoms with Crippen LogP contribution >= 0.6 is 31.9 Å². The summed E-state index contributed by atoms with van der Waals surface area (Å²) in [6, 6.07) is 0. The van der Waals surface area contributed by atoms with E-state index in [1.807, 2.05) is 0 Å². The van der Waals surface area contributed by atoms with E-state index in [-0.39, 0.29) is 86.3 Å². The van der Waals surface area contributed by atoms with E-state index in [0.717, 1.165) is 6.08 Å². The molecule has 0 unspecified atom stereocenters. The number of aromatic nitrogens is 2. The molecule has 4 N–H and O–H groups in total. The molecule has 3 amide bonds. The number of nitrogens with zero attached hydrogens (tertiary/aromatic N) is 2. The van der Waals surface area contributed by atoms with Gasteiger partial charge in [0.1, 0.15) is 8.95 Å². The van der Waals surface area contributed by atoms with E-state index >= 15 is 0 Å². The van der Waals surface area contributed by atoms with E-state index in [1.165, 1.54) is 9.36 Å². The summed E-state index contributed by atoms with van der Waals surface area (Å²) in [5.41, 5.74) is -0.914. The smallest absolute Gasteiger partial charge is 0.404 e. The van der Waals surface area contributed by atoms with Gasteiger partial charge in [0.15, 0.2) is 0 Å². The summed E-state index contributed by atoms with van der Waals surface area (Å²) in [5.74, 6) is -0.666. The number of hydrogen-bond donors (Lipinski definition) is 4. The lowest BCUT2D eigenvalue weighted by Gasteiger charge is -2.17. The highest BCUT2D eigenvalue weighted by molar-refractivity contribution is 9.13. The molecule has 0 aliphatic carbocycles. The van der Waals surface area contributed by atoms with Crippen LogP contribution in [0.5, 0.6) is 0 Å². The fourth-order valence-corrected chi connectivity index (χ4v) is 3.45. The van der Waals surface area contributed by atoms with Crippen molar-refractivity contribution in [2.24, 2.45) is 0 Å². The summed E-state index contributed by atoms with van der Waals surface area (Å²) in [4.78, 5) is 59.0. The Kier molecular flexibility index (Phi) is 14.9. The maximum atomic E-state index is 12.7. The zero-order valence-electron chi connectivity index (χ0n) is 19.0. The average Bonchev–Trinajstić information content (AvgIpc) is 2.83. The Morgan fingerprint density at radius 1 is 0.857 bits per heavy atom. The largest absolute Gasteiger partial charge is 0.465 e. The summed E-state index contributed by atoms with van der Waals surface area (Å²) in [7, 11) is 0. The Bertz CT molecular complexity index is 995. The van der Waals surface area contributed by atoms with Gasteiger partial charge in [-0.05, 0) is 44.4 Å². The average molecular weight is 627 g/mol. The molecule has 1 rings (SSSR count). The predicted octanol–water partition coefficient (Wildman–Crippen LogP) is 0.0344. The summed E-state index contributed by atoms with van der Waals surface area (Å²) >= 11 is 6.22. The molecule has 0 aliphatic heterocycles. The highest BCUT2D eigenvalue weighted by Gasteiger charge is 2.16. The van der Waals surface area contributed by atoms with Crippen LogP contribution in [0.2, 0.25) is 0 Å². The van der Waals surface area contributed by atoms with E-state index in [2.05, 4.69) is 54.4 Å². The lowest BCUT2D eigenvalue weighted by atomic mass is 10.3. The number of hydrogen-bond acceptors (Lipinski definition) is 7. The molecule has 15 heteroatoms. The van der Waals surface area contributed by atoms with Gasteiger partial charge >= 0.3 is 6.09 Å². The number of amides is 3. The summed E-state index contributed by atoms with van der Waals surface area (Å²) < 4.78 is 13.1. The van der Waals surface area contributed by atoms with Gasteiger partial charge in [-0.25, -0.2) is 14.2 Å². The second kappa shape index (κ2) is 17.0. The lowest BCUT2D eigenvalue weighted by molar-refractivity contribution is -0.121. The van der Waals surface area contributed by atoms with Crippen molar-refractivity contribution in [2.45, 2.75) is 25.9 Å². The molecule has 35 heavy (non-hydrogen) atoms. The van der Waals surface area contributed by atoms with Crippen LogP contribution in [0.4, 0.5) is 4.79 Å². The maximum Gasteiger partial charge on any atom is 0.404 e. The maximum absolute atomic E-state index is 12.7. The molecule has 1 aromatic rings. The van der Waals surface area contributed by atoms with Crippen LogP contribution in [0.3, 0.4) is 0 Å². The first kappa shape index (κ1) is 30.5. The zero-order chi connectivity index (χ0) is 26.2. The van der Waals surface area contributed by atoms with Crippen molar-refractivity contribution in [2.75, 3.05) is 46.1 Å². The first-order valence-electron chi connectivity index (χ1n) is 10.7. The number of ether oxygens (including phenoxy) is 2. The normalized spacial score (nSPS) is 10.6. The number of carboxylic acid groups (broad SMARTS) is 1. The number of halogens is 2. The highest BCUT2D eigenvalue weighted by atomic mass is 79.9. The van der Waals surface area contributed by atoms with Gasteiger partial charge in [0, 0.05) is 32.6 Å². The fourth-order valence-electron chi connectivity index (χ4n) is 2.70. The molecular formula is C20H29Br2N5O8. The van der Waals surface area contributed by atoms with Crippen molar-refractivity contribution in [3.05, 3.63) is 42.3 Å². The fraction of sp³-hybridized carbons (Fsp3) is 0.550. The van der Waals surface area contributed by atoms with Gasteiger partial charge in [0.25, 0.3) is 11.1 Å². The Morgan fingerprint density at radius 2 is 1.40 bits per heavy atom. The minimum atomic E-state index is -1.12. The van der Waals surface area contributed by atoms with Crippen LogP contribution in [-0.4, -0.2) is 78.4 Å². The molecule has 0 radical (unpaired) electrons. The second-order valence-electron chi connectivity index (χ2n) is 6.89. The lowest BCUT2D eigenvalue weighted by Crippen LogP contribution is -2.41. The minimum absolute atomic E-state index is 0.0239. The van der Waals surface area contributed by atoms with Gasteiger partial charge in [-0.3, -0.25) is 19.2 Å². The van der Waals surface area contributed by atoms with Crippen LogP contribution in [0.1, 0.15) is 12.8 Å². The van der Waals surface area contributed by atoms with Gasteiger partial charge in [-0.1, -0.05) is 6.58 Å². The van der Waals surface area contributed by atoms with Gasteiger partial charge in [0.2, 0.25) is 11.8 Å². The van der Waals surface area contributed by atoms with E-state index < -0.39 is 17.2 Å². The Labute approximate surface area is 218 Å². The molecule has 196 valence electrons. The van der Waals surface area contributed by atoms with Crippen LogP contribution in [0.25, 0.3) is 0 Å². The van der Waals surface area contributed by atoms with Crippen LogP contribution < -0.4 is 27.1 Å². The summed E-state index contributed by atoms with van der Waals surface area (Å²) in [6.07, 6.45) is 0.366. The van der Waals surface area contributed by atoms with Crippen molar-refractivity contribution < 1.29 is 29.0 Å². The highest BCUT2D eigenvalue weighted by Crippen LogP contribution is 2.14. The van der Waals surface area contributed by atoms with Crippen LogP contribution in [-0.2, 0) is 32.2 Å². The third kappa shape index (κ3) is 11.7. The third-order valence-corrected chi connectivity index (χ3v) is 6.38. The van der Waals surface area contributed by atoms with E-state index in [9.17, 15) is 24.0 Å². The number of carbonyl (C=O) groups excluding carboxylic acids is 2. The molecule has 0 saturated carbocycles. The number of rotatable bonds is 17.